The van der Waals surface area contributed by atoms with Crippen molar-refractivity contribution >= 4 is 29.2 Å². The largest absolute Gasteiger partial charge is 0.489 e. The van der Waals surface area contributed by atoms with E-state index in [0.29, 0.717) is 25.8 Å². The summed E-state index contributed by atoms with van der Waals surface area (Å²) in [4.78, 5) is 26.0. The average molecular weight is 612 g/mol. The van der Waals surface area contributed by atoms with Crippen molar-refractivity contribution in [3.63, 3.8) is 0 Å². The highest BCUT2D eigenvalue weighted by molar-refractivity contribution is 6.30. The quantitative estimate of drug-likeness (QED) is 0.175. The number of ether oxygens (including phenoxy) is 2. The molecule has 2 aliphatic rings. The number of aromatic nitrogens is 2. The Morgan fingerprint density at radius 3 is 2.48 bits per heavy atom. The van der Waals surface area contributed by atoms with Crippen molar-refractivity contribution in [1.29, 1.82) is 0 Å². The van der Waals surface area contributed by atoms with E-state index in [2.05, 4.69) is 21.9 Å². The minimum absolute atomic E-state index is 0.0862. The van der Waals surface area contributed by atoms with Crippen molar-refractivity contribution in [2.45, 2.75) is 39.9 Å². The molecular weight excluding hydrogens is 574 g/mol. The molecule has 0 radical (unpaired) electrons. The van der Waals surface area contributed by atoms with Crippen LogP contribution in [-0.4, -0.2) is 60.0 Å². The standard InChI is InChI=1S/C35H38ClN5O3/c1-23-3-4-26(19-32(23)24(2)42)21-43-18-17-40-13-15-41(16-14-40)34-31-11-7-27-20-29(44-22-25-5-8-28(36)9-6-25)10-12-30(27)33(31)38-35(37)39-34/h3-6,8-10,12,19-20H,7,11,13-18,21-22H2,1-2H3,(H2,37,38,39). The minimum Gasteiger partial charge on any atom is -0.489 e. The summed E-state index contributed by atoms with van der Waals surface area (Å²) in [7, 11) is 0. The second kappa shape index (κ2) is 13.3. The zero-order valence-electron chi connectivity index (χ0n) is 25.3. The minimum atomic E-state index is 0.0862. The lowest BCUT2D eigenvalue weighted by molar-refractivity contribution is 0.0905. The topological polar surface area (TPSA) is 93.8 Å². The van der Waals surface area contributed by atoms with Gasteiger partial charge in [-0.15, -0.1) is 0 Å². The van der Waals surface area contributed by atoms with E-state index >= 15 is 0 Å². The van der Waals surface area contributed by atoms with Gasteiger partial charge in [0.1, 0.15) is 18.2 Å². The Kier molecular flexibility index (Phi) is 9.12. The molecule has 0 unspecified atom stereocenters. The van der Waals surface area contributed by atoms with Gasteiger partial charge >= 0.3 is 0 Å². The summed E-state index contributed by atoms with van der Waals surface area (Å²) in [6, 6.07) is 19.9. The number of halogens is 1. The van der Waals surface area contributed by atoms with E-state index < -0.39 is 0 Å². The van der Waals surface area contributed by atoms with Gasteiger partial charge in [0.05, 0.1) is 18.9 Å². The Morgan fingerprint density at radius 1 is 0.932 bits per heavy atom. The number of nitrogens with zero attached hydrogens (tertiary/aromatic N) is 4. The Balaban J connectivity index is 1.05. The van der Waals surface area contributed by atoms with Crippen LogP contribution in [0.1, 0.15) is 45.1 Å². The van der Waals surface area contributed by atoms with Crippen LogP contribution in [0.3, 0.4) is 0 Å². The van der Waals surface area contributed by atoms with Crippen molar-refractivity contribution < 1.29 is 14.3 Å². The number of anilines is 2. The molecule has 6 rings (SSSR count). The number of fused-ring (bicyclic) bond motifs is 3. The summed E-state index contributed by atoms with van der Waals surface area (Å²) in [5.74, 6) is 2.18. The maximum Gasteiger partial charge on any atom is 0.222 e. The SMILES string of the molecule is CC(=O)c1cc(COCCN2CCN(c3nc(N)nc4c3CCc3cc(OCc5ccc(Cl)cc5)ccc3-4)CC2)ccc1C. The molecule has 1 aliphatic carbocycles. The molecule has 1 fully saturated rings. The molecule has 0 spiro atoms. The second-order valence-electron chi connectivity index (χ2n) is 11.6. The van der Waals surface area contributed by atoms with Gasteiger partial charge < -0.3 is 20.1 Å². The number of aryl methyl sites for hydroxylation is 2. The number of Topliss-reactive ketones (excluding diaryl/α,β-unsaturated/α-hetero) is 1. The van der Waals surface area contributed by atoms with Crippen LogP contribution in [0, 0.1) is 6.92 Å². The zero-order valence-corrected chi connectivity index (χ0v) is 26.1. The average Bonchev–Trinajstić information content (AvgIpc) is 3.03. The molecule has 44 heavy (non-hydrogen) atoms. The van der Waals surface area contributed by atoms with Crippen LogP contribution in [0.4, 0.5) is 11.8 Å². The number of nitrogens with two attached hydrogens (primary N) is 1. The van der Waals surface area contributed by atoms with E-state index in [4.69, 9.17) is 36.8 Å². The number of carbonyl (C=O) groups excluding carboxylic acids is 1. The first-order chi connectivity index (χ1) is 21.3. The smallest absolute Gasteiger partial charge is 0.222 e. The van der Waals surface area contributed by atoms with Crippen LogP contribution in [-0.2, 0) is 30.8 Å². The maximum absolute atomic E-state index is 11.8. The van der Waals surface area contributed by atoms with E-state index in [1.54, 1.807) is 6.92 Å². The van der Waals surface area contributed by atoms with Gasteiger partial charge in [-0.25, -0.2) is 4.98 Å². The molecule has 3 aromatic carbocycles. The van der Waals surface area contributed by atoms with Crippen LogP contribution >= 0.6 is 11.6 Å². The first kappa shape index (κ1) is 30.1. The number of benzene rings is 3. The third-order valence-electron chi connectivity index (χ3n) is 8.47. The highest BCUT2D eigenvalue weighted by atomic mass is 35.5. The molecule has 0 saturated carbocycles. The lowest BCUT2D eigenvalue weighted by atomic mass is 9.88. The van der Waals surface area contributed by atoms with Gasteiger partial charge in [-0.3, -0.25) is 9.69 Å². The number of hydrogen-bond donors (Lipinski definition) is 1. The van der Waals surface area contributed by atoms with E-state index in [9.17, 15) is 4.79 Å². The van der Waals surface area contributed by atoms with Crippen LogP contribution in [0.5, 0.6) is 5.75 Å². The number of rotatable bonds is 10. The molecular formula is C35H38ClN5O3. The first-order valence-corrected chi connectivity index (χ1v) is 15.5. The van der Waals surface area contributed by atoms with E-state index in [-0.39, 0.29) is 5.78 Å². The molecule has 1 saturated heterocycles. The number of hydrogen-bond acceptors (Lipinski definition) is 8. The maximum atomic E-state index is 11.8. The predicted octanol–water partition coefficient (Wildman–Crippen LogP) is 5.91. The van der Waals surface area contributed by atoms with Gasteiger partial charge in [0.25, 0.3) is 0 Å². The lowest BCUT2D eigenvalue weighted by Gasteiger charge is -2.37. The van der Waals surface area contributed by atoms with E-state index in [1.807, 2.05) is 55.5 Å². The van der Waals surface area contributed by atoms with Crippen LogP contribution in [0.25, 0.3) is 11.3 Å². The summed E-state index contributed by atoms with van der Waals surface area (Å²) in [5, 5.41) is 0.717. The number of ketones is 1. The van der Waals surface area contributed by atoms with Crippen molar-refractivity contribution in [2.75, 3.05) is 50.0 Å². The summed E-state index contributed by atoms with van der Waals surface area (Å²) in [6.45, 7) is 9.64. The summed E-state index contributed by atoms with van der Waals surface area (Å²) >= 11 is 6.01. The summed E-state index contributed by atoms with van der Waals surface area (Å²) in [5.41, 5.74) is 14.5. The molecule has 1 aliphatic heterocycles. The van der Waals surface area contributed by atoms with Gasteiger partial charge in [-0.2, -0.15) is 4.98 Å². The molecule has 2 heterocycles. The van der Waals surface area contributed by atoms with Crippen molar-refractivity contribution in [1.82, 2.24) is 14.9 Å². The molecule has 2 N–H and O–H groups in total. The molecule has 9 heteroatoms. The van der Waals surface area contributed by atoms with E-state index in [0.717, 1.165) is 95.7 Å². The van der Waals surface area contributed by atoms with Crippen molar-refractivity contribution in [3.8, 4) is 17.0 Å². The number of carbonyl (C=O) groups is 1. The van der Waals surface area contributed by atoms with Crippen LogP contribution < -0.4 is 15.4 Å². The van der Waals surface area contributed by atoms with E-state index in [1.165, 1.54) is 11.1 Å². The third-order valence-corrected chi connectivity index (χ3v) is 8.72. The summed E-state index contributed by atoms with van der Waals surface area (Å²) in [6.07, 6.45) is 1.75. The first-order valence-electron chi connectivity index (χ1n) is 15.2. The molecule has 228 valence electrons. The second-order valence-corrected chi connectivity index (χ2v) is 12.0. The van der Waals surface area contributed by atoms with Crippen LogP contribution in [0.15, 0.2) is 60.7 Å². The monoisotopic (exact) mass is 611 g/mol. The number of piperazine rings is 1. The molecule has 0 amide bonds. The van der Waals surface area contributed by atoms with Gasteiger partial charge in [0.2, 0.25) is 5.95 Å². The zero-order chi connectivity index (χ0) is 30.6. The van der Waals surface area contributed by atoms with Crippen LogP contribution in [0.2, 0.25) is 5.02 Å². The van der Waals surface area contributed by atoms with Gasteiger partial charge in [-0.05, 0) is 85.3 Å². The fourth-order valence-electron chi connectivity index (χ4n) is 6.01. The fourth-order valence-corrected chi connectivity index (χ4v) is 6.14. The molecule has 8 nitrogen and oxygen atoms in total. The number of nitrogen functional groups attached to an aromatic ring is 1. The third kappa shape index (κ3) is 6.88. The van der Waals surface area contributed by atoms with Crippen molar-refractivity contribution in [3.05, 3.63) is 99.1 Å². The molecule has 1 aromatic heterocycles. The van der Waals surface area contributed by atoms with Crippen molar-refractivity contribution in [2.24, 2.45) is 0 Å². The molecule has 0 bridgehead atoms. The van der Waals surface area contributed by atoms with Gasteiger partial charge in [-0.1, -0.05) is 35.9 Å². The lowest BCUT2D eigenvalue weighted by Crippen LogP contribution is -2.48. The van der Waals surface area contributed by atoms with Gasteiger partial charge in [0.15, 0.2) is 5.78 Å². The highest BCUT2D eigenvalue weighted by Gasteiger charge is 2.27. The Hall–Kier alpha value is -3.98. The Morgan fingerprint density at radius 2 is 1.70 bits per heavy atom. The van der Waals surface area contributed by atoms with Gasteiger partial charge in [0, 0.05) is 54.4 Å². The Bertz CT molecular complexity index is 1650. The highest BCUT2D eigenvalue weighted by Crippen LogP contribution is 2.38. The summed E-state index contributed by atoms with van der Waals surface area (Å²) < 4.78 is 12.0. The predicted molar refractivity (Wildman–Crippen MR) is 175 cm³/mol. The Labute approximate surface area is 263 Å². The normalized spacial score (nSPS) is 14.7. The molecule has 0 atom stereocenters. The molecule has 4 aromatic rings. The fraction of sp³-hybridized carbons (Fsp3) is 0.343.